The van der Waals surface area contributed by atoms with Gasteiger partial charge in [0.15, 0.2) is 6.29 Å². The third-order valence-electron chi connectivity index (χ3n) is 11.7. The number of fused-ring (bicyclic) bond motifs is 3. The number of rotatable bonds is 6. The topological polar surface area (TPSA) is 102 Å². The highest BCUT2D eigenvalue weighted by atomic mass is 16.7. The Balaban J connectivity index is 1.40. The molecule has 4 bridgehead atoms. The monoisotopic (exact) mass is 502 g/mol. The molecule has 2 N–H and O–H groups in total. The maximum atomic E-state index is 13.6. The molecule has 6 aliphatic rings. The number of allylic oxidation sites excluding steroid dienone is 1. The number of aliphatic hydroxyl groups is 1. The van der Waals surface area contributed by atoms with Crippen LogP contribution in [0.2, 0.25) is 0 Å². The van der Waals surface area contributed by atoms with Crippen LogP contribution in [-0.4, -0.2) is 60.3 Å². The lowest BCUT2D eigenvalue weighted by atomic mass is 9.43. The summed E-state index contributed by atoms with van der Waals surface area (Å²) in [5.74, 6) is 0.0776. The van der Waals surface area contributed by atoms with Gasteiger partial charge in [0.05, 0.1) is 30.8 Å². The summed E-state index contributed by atoms with van der Waals surface area (Å²) in [6.45, 7) is 11.1. The van der Waals surface area contributed by atoms with E-state index < -0.39 is 34.6 Å². The molecule has 2 aliphatic heterocycles. The lowest BCUT2D eigenvalue weighted by Crippen LogP contribution is -2.64. The summed E-state index contributed by atoms with van der Waals surface area (Å²) in [5.41, 5.74) is -2.01. The Morgan fingerprint density at radius 1 is 1.22 bits per heavy atom. The summed E-state index contributed by atoms with van der Waals surface area (Å²) < 4.78 is 18.5. The Morgan fingerprint density at radius 2 is 1.97 bits per heavy atom. The second-order valence-electron chi connectivity index (χ2n) is 13.3. The maximum absolute atomic E-state index is 13.6. The van der Waals surface area contributed by atoms with E-state index in [2.05, 4.69) is 19.9 Å². The molecule has 7 unspecified atom stereocenters. The van der Waals surface area contributed by atoms with Gasteiger partial charge in [-0.3, -0.25) is 4.79 Å². The van der Waals surface area contributed by atoms with E-state index in [9.17, 15) is 19.8 Å². The van der Waals surface area contributed by atoms with Gasteiger partial charge < -0.3 is 29.2 Å². The first-order valence-corrected chi connectivity index (χ1v) is 14.0. The quantitative estimate of drug-likeness (QED) is 0.422. The van der Waals surface area contributed by atoms with Crippen molar-refractivity contribution in [2.45, 2.75) is 84.9 Å². The van der Waals surface area contributed by atoms with Crippen LogP contribution in [0.1, 0.15) is 60.3 Å². The predicted molar refractivity (Wildman–Crippen MR) is 131 cm³/mol. The van der Waals surface area contributed by atoms with Crippen molar-refractivity contribution < 1.29 is 34.0 Å². The Hall–Kier alpha value is -1.28. The van der Waals surface area contributed by atoms with Gasteiger partial charge in [-0.2, -0.15) is 0 Å². The van der Waals surface area contributed by atoms with Crippen LogP contribution in [0.25, 0.3) is 0 Å². The first kappa shape index (κ1) is 25.0. The summed E-state index contributed by atoms with van der Waals surface area (Å²) in [6, 6.07) is 0. The molecule has 13 atom stereocenters. The number of carbonyl (C=O) groups excluding carboxylic acids is 1. The third-order valence-corrected chi connectivity index (χ3v) is 11.7. The van der Waals surface area contributed by atoms with Crippen LogP contribution in [0.4, 0.5) is 0 Å². The van der Waals surface area contributed by atoms with Crippen molar-refractivity contribution in [2.24, 2.45) is 57.7 Å². The highest BCUT2D eigenvalue weighted by molar-refractivity contribution is 5.90. The number of carboxylic acids is 1. The van der Waals surface area contributed by atoms with E-state index in [1.807, 2.05) is 20.8 Å². The van der Waals surface area contributed by atoms with Crippen molar-refractivity contribution in [3.05, 3.63) is 11.6 Å². The number of carboxylic acid groups (broad SMARTS) is 1. The fourth-order valence-electron chi connectivity index (χ4n) is 10.3. The number of aliphatic carboxylic acids is 1. The molecule has 200 valence electrons. The van der Waals surface area contributed by atoms with Crippen LogP contribution in [0.5, 0.6) is 0 Å². The fraction of sp³-hybridized carbons (Fsp3) is 0.862. The molecule has 5 fully saturated rings. The maximum Gasteiger partial charge on any atom is 0.315 e. The molecule has 7 nitrogen and oxygen atoms in total. The molecular weight excluding hydrogens is 460 g/mol. The zero-order valence-corrected chi connectivity index (χ0v) is 22.2. The van der Waals surface area contributed by atoms with Crippen LogP contribution in [0.15, 0.2) is 11.6 Å². The van der Waals surface area contributed by atoms with Crippen LogP contribution >= 0.6 is 0 Å². The third kappa shape index (κ3) is 2.73. The van der Waals surface area contributed by atoms with Crippen molar-refractivity contribution in [3.8, 4) is 0 Å². The van der Waals surface area contributed by atoms with Gasteiger partial charge in [-0.05, 0) is 61.7 Å². The van der Waals surface area contributed by atoms with Crippen molar-refractivity contribution in [3.63, 3.8) is 0 Å². The summed E-state index contributed by atoms with van der Waals surface area (Å²) in [5, 5.41) is 22.4. The average molecular weight is 503 g/mol. The Bertz CT molecular complexity index is 977. The molecule has 4 aliphatic carbocycles. The van der Waals surface area contributed by atoms with Crippen molar-refractivity contribution in [2.75, 3.05) is 13.2 Å². The minimum Gasteiger partial charge on any atom is -0.481 e. The van der Waals surface area contributed by atoms with Gasteiger partial charge >= 0.3 is 5.97 Å². The first-order chi connectivity index (χ1) is 17.1. The van der Waals surface area contributed by atoms with Crippen molar-refractivity contribution >= 4 is 12.3 Å². The van der Waals surface area contributed by atoms with Crippen LogP contribution < -0.4 is 0 Å². The van der Waals surface area contributed by atoms with E-state index >= 15 is 0 Å². The summed E-state index contributed by atoms with van der Waals surface area (Å²) >= 11 is 0. The van der Waals surface area contributed by atoms with E-state index in [-0.39, 0.29) is 48.4 Å². The standard InChI is InChI=1S/C29H42O7/c1-14(2)21-8-18-9-27(12-30)20-7-6-15(3)19(20)10-28(18,29(21,27)26(32)33)13-35-25-23(31)22-16(4)11-34-24(22)17(5)36-25/h8,12,14-20,22-25,31H,6-7,9-11,13H2,1-5H3,(H,32,33)/t15-,16+,17-,18?,19?,20?,22?,23+,24?,25-,27-,28?,29?/m1/s1. The average Bonchev–Trinajstić information content (AvgIpc) is 3.53. The Morgan fingerprint density at radius 3 is 2.64 bits per heavy atom. The number of aldehydes is 1. The number of hydrogen-bond donors (Lipinski definition) is 2. The molecule has 0 aromatic carbocycles. The molecule has 2 saturated heterocycles. The minimum atomic E-state index is -1.27. The molecule has 3 saturated carbocycles. The second kappa shape index (κ2) is 8.11. The molecular formula is C29H42O7. The lowest BCUT2D eigenvalue weighted by Gasteiger charge is -2.58. The summed E-state index contributed by atoms with van der Waals surface area (Å²) in [7, 11) is 0. The molecule has 36 heavy (non-hydrogen) atoms. The summed E-state index contributed by atoms with van der Waals surface area (Å²) in [6.07, 6.45) is 4.43. The molecule has 0 aromatic heterocycles. The largest absolute Gasteiger partial charge is 0.481 e. The highest BCUT2D eigenvalue weighted by Gasteiger charge is 2.84. The molecule has 0 radical (unpaired) electrons. The molecule has 0 amide bonds. The number of carbonyl (C=O) groups is 2. The zero-order valence-electron chi connectivity index (χ0n) is 22.2. The second-order valence-corrected chi connectivity index (χ2v) is 13.3. The minimum absolute atomic E-state index is 0.0225. The smallest absolute Gasteiger partial charge is 0.315 e. The van der Waals surface area contributed by atoms with E-state index in [0.717, 1.165) is 31.1 Å². The number of ether oxygens (including phenoxy) is 3. The molecule has 7 heteroatoms. The van der Waals surface area contributed by atoms with Gasteiger partial charge in [-0.25, -0.2) is 0 Å². The molecule has 2 heterocycles. The predicted octanol–water partition coefficient (Wildman–Crippen LogP) is 3.68. The van der Waals surface area contributed by atoms with Gasteiger partial charge in [0.25, 0.3) is 0 Å². The van der Waals surface area contributed by atoms with Gasteiger partial charge in [0.1, 0.15) is 17.8 Å². The first-order valence-electron chi connectivity index (χ1n) is 14.0. The molecule has 0 spiro atoms. The van der Waals surface area contributed by atoms with Crippen LogP contribution in [0, 0.1) is 57.7 Å². The zero-order chi connectivity index (χ0) is 25.8. The Labute approximate surface area is 213 Å². The van der Waals surface area contributed by atoms with Gasteiger partial charge in [-0.1, -0.05) is 45.8 Å². The fourth-order valence-corrected chi connectivity index (χ4v) is 10.3. The highest BCUT2D eigenvalue weighted by Crippen LogP contribution is 2.82. The van der Waals surface area contributed by atoms with E-state index in [0.29, 0.717) is 24.9 Å². The van der Waals surface area contributed by atoms with Gasteiger partial charge in [0.2, 0.25) is 0 Å². The normalized spacial score (nSPS) is 54.9. The van der Waals surface area contributed by atoms with E-state index in [4.69, 9.17) is 14.2 Å². The number of hydrogen-bond acceptors (Lipinski definition) is 6. The summed E-state index contributed by atoms with van der Waals surface area (Å²) in [4.78, 5) is 26.7. The number of aliphatic hydroxyl groups excluding tert-OH is 1. The Kier molecular flexibility index (Phi) is 5.64. The van der Waals surface area contributed by atoms with Crippen molar-refractivity contribution in [1.29, 1.82) is 0 Å². The molecule has 0 aromatic rings. The van der Waals surface area contributed by atoms with Crippen LogP contribution in [0.3, 0.4) is 0 Å². The van der Waals surface area contributed by atoms with Gasteiger partial charge in [-0.15, -0.1) is 0 Å². The van der Waals surface area contributed by atoms with Gasteiger partial charge in [0, 0.05) is 11.3 Å². The SMILES string of the molecule is CC(C)C1=CC2C[C@@]3(C=O)C4CC[C@@H](C)C4CC2(CO[C@@H]2O[C@H](C)C4OC[C@H](C)C4[C@@H]2O)C13C(=O)O. The lowest BCUT2D eigenvalue weighted by molar-refractivity contribution is -0.289. The van der Waals surface area contributed by atoms with Crippen molar-refractivity contribution in [1.82, 2.24) is 0 Å². The van der Waals surface area contributed by atoms with E-state index in [1.54, 1.807) is 0 Å². The van der Waals surface area contributed by atoms with Crippen LogP contribution in [-0.2, 0) is 23.8 Å². The molecule has 6 rings (SSSR count). The van der Waals surface area contributed by atoms with E-state index in [1.165, 1.54) is 0 Å².